The predicted molar refractivity (Wildman–Crippen MR) is 171 cm³/mol. The highest BCUT2D eigenvalue weighted by Gasteiger charge is 2.19. The summed E-state index contributed by atoms with van der Waals surface area (Å²) in [4.78, 5) is 25.3. The van der Waals surface area contributed by atoms with Gasteiger partial charge in [-0.2, -0.15) is 0 Å². The maximum Gasteiger partial charge on any atom is 0.230 e. The molecule has 0 fully saturated rings. The minimum Gasteiger partial charge on any atom is -0.456 e. The molecule has 0 bridgehead atoms. The number of alkyl halides is 2. The van der Waals surface area contributed by atoms with Crippen LogP contribution in [0.15, 0.2) is 71.1 Å². The van der Waals surface area contributed by atoms with Gasteiger partial charge in [0.15, 0.2) is 6.54 Å². The highest BCUT2D eigenvalue weighted by Crippen LogP contribution is 2.40. The summed E-state index contributed by atoms with van der Waals surface area (Å²) in [7, 11) is 4.03. The molecule has 38 heavy (non-hydrogen) atoms. The molecular weight excluding hydrogens is 706 g/mol. The smallest absolute Gasteiger partial charge is 0.230 e. The number of anilines is 1. The Hall–Kier alpha value is -2.67. The van der Waals surface area contributed by atoms with Gasteiger partial charge in [0, 0.05) is 54.5 Å². The fraction of sp³-hybridized carbons (Fsp3) is 0.276. The van der Waals surface area contributed by atoms with Crippen molar-refractivity contribution < 1.29 is 14.0 Å². The van der Waals surface area contributed by atoms with Crippen molar-refractivity contribution in [1.82, 2.24) is 15.2 Å². The largest absolute Gasteiger partial charge is 0.456 e. The lowest BCUT2D eigenvalue weighted by molar-refractivity contribution is -0.119. The van der Waals surface area contributed by atoms with E-state index in [1.54, 1.807) is 0 Å². The molecule has 1 heterocycles. The number of hydrogen-bond donors (Lipinski definition) is 2. The number of halogens is 2. The molecule has 9 heteroatoms. The van der Waals surface area contributed by atoms with Crippen molar-refractivity contribution in [3.8, 4) is 22.5 Å². The lowest BCUT2D eigenvalue weighted by atomic mass is 9.93. The maximum absolute atomic E-state index is 11.6. The SMILES string of the molecule is CN(CCNC(=O)CI)c1ccc2c(-c3ccccc3)c3ccc(=[N+](C)CCNC(=O)CI)cc-3oc2c1. The Bertz CT molecular complexity index is 1470. The van der Waals surface area contributed by atoms with Gasteiger partial charge in [-0.3, -0.25) is 9.59 Å². The average Bonchev–Trinajstić information content (AvgIpc) is 2.95. The van der Waals surface area contributed by atoms with E-state index in [4.69, 9.17) is 4.42 Å². The lowest BCUT2D eigenvalue weighted by Crippen LogP contribution is -2.35. The van der Waals surface area contributed by atoms with Crippen molar-refractivity contribution in [1.29, 1.82) is 0 Å². The summed E-state index contributed by atoms with van der Waals surface area (Å²) in [6.45, 7) is 2.54. The molecule has 0 unspecified atom stereocenters. The van der Waals surface area contributed by atoms with Crippen LogP contribution in [0.3, 0.4) is 0 Å². The molecule has 1 aliphatic heterocycles. The number of carbonyl (C=O) groups excluding carboxylic acids is 2. The summed E-state index contributed by atoms with van der Waals surface area (Å²) in [5.74, 6) is 0.880. The molecular formula is C29H31I2N4O3+. The number of nitrogens with zero attached hydrogens (tertiary/aromatic N) is 2. The number of likely N-dealkylation sites (N-methyl/N-ethyl adjacent to an activating group) is 2. The second kappa shape index (κ2) is 13.4. The highest BCUT2D eigenvalue weighted by molar-refractivity contribution is 14.1. The van der Waals surface area contributed by atoms with E-state index in [1.807, 2.05) is 20.2 Å². The number of benzene rings is 3. The second-order valence-electron chi connectivity index (χ2n) is 9.01. The summed E-state index contributed by atoms with van der Waals surface area (Å²) >= 11 is 4.13. The van der Waals surface area contributed by atoms with E-state index in [0.717, 1.165) is 44.5 Å². The Morgan fingerprint density at radius 3 is 2.34 bits per heavy atom. The van der Waals surface area contributed by atoms with Gasteiger partial charge in [0.05, 0.1) is 21.5 Å². The summed E-state index contributed by atoms with van der Waals surface area (Å²) < 4.78 is 9.54. The molecule has 0 radical (unpaired) electrons. The Morgan fingerprint density at radius 1 is 0.921 bits per heavy atom. The van der Waals surface area contributed by atoms with E-state index in [0.29, 0.717) is 35.0 Å². The number of carbonyl (C=O) groups is 2. The topological polar surface area (TPSA) is 77.6 Å². The minimum atomic E-state index is 0.0413. The van der Waals surface area contributed by atoms with E-state index in [1.165, 1.54) is 0 Å². The van der Waals surface area contributed by atoms with Crippen LogP contribution in [-0.2, 0) is 9.59 Å². The number of amides is 2. The molecule has 2 aliphatic rings. The maximum atomic E-state index is 11.6. The van der Waals surface area contributed by atoms with E-state index < -0.39 is 0 Å². The molecule has 0 aromatic heterocycles. The van der Waals surface area contributed by atoms with Crippen LogP contribution in [0.1, 0.15) is 0 Å². The Morgan fingerprint density at radius 2 is 1.63 bits per heavy atom. The van der Waals surface area contributed by atoms with Gasteiger partial charge in [0.1, 0.15) is 18.4 Å². The van der Waals surface area contributed by atoms with Gasteiger partial charge in [-0.15, -0.1) is 0 Å². The van der Waals surface area contributed by atoms with Gasteiger partial charge in [0.2, 0.25) is 17.2 Å². The van der Waals surface area contributed by atoms with E-state index in [-0.39, 0.29) is 11.8 Å². The summed E-state index contributed by atoms with van der Waals surface area (Å²) in [6.07, 6.45) is 0. The Kier molecular flexibility index (Phi) is 10.0. The van der Waals surface area contributed by atoms with Crippen LogP contribution >= 0.6 is 45.2 Å². The van der Waals surface area contributed by atoms with Crippen LogP contribution < -0.4 is 25.5 Å². The first kappa shape index (κ1) is 28.3. The number of rotatable bonds is 10. The van der Waals surface area contributed by atoms with E-state index in [9.17, 15) is 9.59 Å². The fourth-order valence-electron chi connectivity index (χ4n) is 4.34. The first-order chi connectivity index (χ1) is 18.4. The summed E-state index contributed by atoms with van der Waals surface area (Å²) in [5.41, 5.74) is 5.12. The molecule has 0 atom stereocenters. The third-order valence-corrected chi connectivity index (χ3v) is 7.80. The van der Waals surface area contributed by atoms with Crippen LogP contribution in [0.25, 0.3) is 33.4 Å². The zero-order valence-electron chi connectivity index (χ0n) is 21.5. The van der Waals surface area contributed by atoms with Crippen molar-refractivity contribution in [3.05, 3.63) is 72.1 Å². The number of nitrogens with one attached hydrogen (secondary N) is 2. The molecule has 0 spiro atoms. The molecule has 1 aliphatic carbocycles. The zero-order chi connectivity index (χ0) is 27.1. The average molecular weight is 737 g/mol. The Balaban J connectivity index is 1.76. The van der Waals surface area contributed by atoms with Gasteiger partial charge in [-0.05, 0) is 23.8 Å². The van der Waals surface area contributed by atoms with Gasteiger partial charge in [-0.1, -0.05) is 75.5 Å². The van der Waals surface area contributed by atoms with Gasteiger partial charge < -0.3 is 20.0 Å². The summed E-state index contributed by atoms with van der Waals surface area (Å²) in [5, 5.41) is 7.91. The van der Waals surface area contributed by atoms with Crippen LogP contribution in [-0.4, -0.2) is 60.9 Å². The first-order valence-corrected chi connectivity index (χ1v) is 15.4. The molecule has 7 nitrogen and oxygen atoms in total. The van der Waals surface area contributed by atoms with Crippen molar-refractivity contribution in [2.24, 2.45) is 0 Å². The quantitative estimate of drug-likeness (QED) is 0.111. The van der Waals surface area contributed by atoms with Gasteiger partial charge in [-0.25, -0.2) is 4.58 Å². The number of fused-ring (bicyclic) bond motifs is 2. The van der Waals surface area contributed by atoms with Crippen LogP contribution in [0.4, 0.5) is 5.69 Å². The molecule has 0 saturated heterocycles. The van der Waals surface area contributed by atoms with Crippen LogP contribution in [0.2, 0.25) is 0 Å². The van der Waals surface area contributed by atoms with Crippen LogP contribution in [0.5, 0.6) is 0 Å². The molecule has 4 rings (SSSR count). The molecule has 2 aromatic carbocycles. The van der Waals surface area contributed by atoms with Gasteiger partial charge in [0.25, 0.3) is 0 Å². The normalized spacial score (nSPS) is 11.9. The van der Waals surface area contributed by atoms with Gasteiger partial charge >= 0.3 is 0 Å². The molecule has 2 N–H and O–H groups in total. The number of hydrogen-bond acceptors (Lipinski definition) is 4. The first-order valence-electron chi connectivity index (χ1n) is 12.4. The summed E-state index contributed by atoms with van der Waals surface area (Å²) in [6, 6.07) is 22.9. The lowest BCUT2D eigenvalue weighted by Gasteiger charge is -2.21. The molecule has 2 amide bonds. The van der Waals surface area contributed by atoms with Crippen molar-refractivity contribution in [2.75, 3.05) is 54.0 Å². The molecule has 2 aromatic rings. The zero-order valence-corrected chi connectivity index (χ0v) is 25.8. The minimum absolute atomic E-state index is 0.0413. The monoisotopic (exact) mass is 737 g/mol. The fourth-order valence-corrected chi connectivity index (χ4v) is 4.88. The van der Waals surface area contributed by atoms with Crippen molar-refractivity contribution in [2.45, 2.75) is 0 Å². The Labute approximate surface area is 249 Å². The second-order valence-corrected chi connectivity index (χ2v) is 10.5. The van der Waals surface area contributed by atoms with Crippen molar-refractivity contribution in [3.63, 3.8) is 0 Å². The van der Waals surface area contributed by atoms with E-state index in [2.05, 4.69) is 126 Å². The van der Waals surface area contributed by atoms with Crippen molar-refractivity contribution >= 4 is 73.7 Å². The predicted octanol–water partition coefficient (Wildman–Crippen LogP) is 4.15. The third-order valence-electron chi connectivity index (χ3n) is 6.41. The molecule has 0 saturated carbocycles. The highest BCUT2D eigenvalue weighted by atomic mass is 127. The standard InChI is InChI=1S/C29H30I2N4O3/c1-34(14-12-32-27(36)18-30)21-8-10-23-25(16-21)38-26-17-22(35(2)15-13-33-28(37)19-31)9-11-24(26)29(23)20-6-4-3-5-7-20/h3-11,16-17H,12-15,18-19H2,1-2H3,(H-,32,33,36,37)/p+1. The molecule has 198 valence electrons. The third kappa shape index (κ3) is 6.85. The van der Waals surface area contributed by atoms with E-state index >= 15 is 0 Å². The van der Waals surface area contributed by atoms with Crippen LogP contribution in [0, 0.1) is 0 Å².